The zero-order valence-electron chi connectivity index (χ0n) is 11.8. The third-order valence-corrected chi connectivity index (χ3v) is 4.50. The molecule has 2 nitrogen and oxygen atoms in total. The Bertz CT molecular complexity index is 560. The topological polar surface area (TPSA) is 24.9 Å². The summed E-state index contributed by atoms with van der Waals surface area (Å²) in [6, 6.07) is 12.8. The second-order valence-corrected chi connectivity index (χ2v) is 6.61. The number of rotatable bonds is 6. The normalized spacial score (nSPS) is 12.3. The van der Waals surface area contributed by atoms with E-state index in [9.17, 15) is 0 Å². The summed E-state index contributed by atoms with van der Waals surface area (Å²) in [5, 5.41) is 4.59. The van der Waals surface area contributed by atoms with Crippen LogP contribution in [-0.2, 0) is 0 Å². The molecule has 0 aliphatic carbocycles. The minimum atomic E-state index is 0.318. The smallest absolute Gasteiger partial charge is 0.105 e. The van der Waals surface area contributed by atoms with Crippen molar-refractivity contribution >= 4 is 27.7 Å². The lowest BCUT2D eigenvalue weighted by atomic mass is 10.1. The van der Waals surface area contributed by atoms with Crippen molar-refractivity contribution < 1.29 is 0 Å². The van der Waals surface area contributed by atoms with E-state index >= 15 is 0 Å². The molecule has 0 radical (unpaired) electrons. The van der Waals surface area contributed by atoms with E-state index in [1.165, 1.54) is 10.5 Å². The molecule has 1 aromatic carbocycles. The highest BCUT2D eigenvalue weighted by molar-refractivity contribution is 9.10. The maximum absolute atomic E-state index is 4.54. The highest BCUT2D eigenvalue weighted by atomic mass is 79.9. The van der Waals surface area contributed by atoms with E-state index in [0.29, 0.717) is 6.04 Å². The molecule has 4 heteroatoms. The summed E-state index contributed by atoms with van der Waals surface area (Å²) in [4.78, 5) is 5.74. The van der Waals surface area contributed by atoms with Crippen molar-refractivity contribution in [3.05, 3.63) is 52.6 Å². The van der Waals surface area contributed by atoms with Crippen molar-refractivity contribution in [2.75, 3.05) is 6.54 Å². The number of nitrogens with zero attached hydrogens (tertiary/aromatic N) is 1. The zero-order valence-corrected chi connectivity index (χ0v) is 14.2. The van der Waals surface area contributed by atoms with Gasteiger partial charge in [0.1, 0.15) is 5.03 Å². The molecular weight excluding hydrogens is 332 g/mol. The molecule has 0 aliphatic heterocycles. The molecule has 2 aromatic rings. The average molecular weight is 351 g/mol. The van der Waals surface area contributed by atoms with Crippen LogP contribution in [-0.4, -0.2) is 11.5 Å². The molecule has 0 spiro atoms. The summed E-state index contributed by atoms with van der Waals surface area (Å²) in [7, 11) is 0. The Labute approximate surface area is 133 Å². The van der Waals surface area contributed by atoms with Crippen molar-refractivity contribution in [3.8, 4) is 0 Å². The van der Waals surface area contributed by atoms with Gasteiger partial charge in [-0.05, 0) is 44.2 Å². The number of hydrogen-bond acceptors (Lipinski definition) is 3. The predicted molar refractivity (Wildman–Crippen MR) is 89.2 cm³/mol. The maximum Gasteiger partial charge on any atom is 0.105 e. The van der Waals surface area contributed by atoms with Gasteiger partial charge in [-0.3, -0.25) is 0 Å². The third kappa shape index (κ3) is 4.33. The Hall–Kier alpha value is -0.840. The van der Waals surface area contributed by atoms with Crippen molar-refractivity contribution in [2.24, 2.45) is 0 Å². The van der Waals surface area contributed by atoms with Crippen molar-refractivity contribution in [3.63, 3.8) is 0 Å². The first-order chi connectivity index (χ1) is 9.70. The van der Waals surface area contributed by atoms with E-state index in [4.69, 9.17) is 0 Å². The largest absolute Gasteiger partial charge is 0.310 e. The molecule has 106 valence electrons. The molecule has 0 amide bonds. The highest BCUT2D eigenvalue weighted by Crippen LogP contribution is 2.32. The van der Waals surface area contributed by atoms with Gasteiger partial charge in [0.2, 0.25) is 0 Å². The first kappa shape index (κ1) is 15.5. The van der Waals surface area contributed by atoms with Crippen molar-refractivity contribution in [1.29, 1.82) is 0 Å². The Morgan fingerprint density at radius 1 is 1.30 bits per heavy atom. The molecule has 20 heavy (non-hydrogen) atoms. The Morgan fingerprint density at radius 2 is 2.15 bits per heavy atom. The molecule has 2 rings (SSSR count). The lowest BCUT2D eigenvalue weighted by Crippen LogP contribution is -2.20. The van der Waals surface area contributed by atoms with Gasteiger partial charge in [0, 0.05) is 27.2 Å². The van der Waals surface area contributed by atoms with E-state index in [-0.39, 0.29) is 0 Å². The highest BCUT2D eigenvalue weighted by Gasteiger charge is 2.11. The van der Waals surface area contributed by atoms with Gasteiger partial charge in [0.05, 0.1) is 0 Å². The molecule has 0 aliphatic rings. The molecule has 0 bridgehead atoms. The molecule has 1 unspecified atom stereocenters. The van der Waals surface area contributed by atoms with E-state index < -0.39 is 0 Å². The van der Waals surface area contributed by atoms with Crippen LogP contribution in [0.1, 0.15) is 31.9 Å². The van der Waals surface area contributed by atoms with E-state index in [1.54, 1.807) is 11.8 Å². The van der Waals surface area contributed by atoms with Gasteiger partial charge in [-0.1, -0.05) is 46.7 Å². The number of pyridine rings is 1. The van der Waals surface area contributed by atoms with Gasteiger partial charge >= 0.3 is 0 Å². The summed E-state index contributed by atoms with van der Waals surface area (Å²) < 4.78 is 1.09. The van der Waals surface area contributed by atoms with Gasteiger partial charge < -0.3 is 5.32 Å². The molecule has 1 aromatic heterocycles. The molecule has 0 fully saturated rings. The van der Waals surface area contributed by atoms with Crippen LogP contribution < -0.4 is 5.32 Å². The first-order valence-electron chi connectivity index (χ1n) is 6.82. The summed E-state index contributed by atoms with van der Waals surface area (Å²) in [6.07, 6.45) is 3.00. The average Bonchev–Trinajstić information content (AvgIpc) is 2.45. The number of aromatic nitrogens is 1. The second-order valence-electron chi connectivity index (χ2n) is 4.63. The third-order valence-electron chi connectivity index (χ3n) is 2.98. The number of hydrogen-bond donors (Lipinski definition) is 1. The summed E-state index contributed by atoms with van der Waals surface area (Å²) in [5.41, 5.74) is 1.26. The Balaban J connectivity index is 2.19. The standard InChI is InChI=1S/C16H19BrN2S/c1-3-9-18-12(2)15-8-5-10-19-16(15)20-14-7-4-6-13(17)11-14/h4-8,10-12,18H,3,9H2,1-2H3. The van der Waals surface area contributed by atoms with Crippen molar-refractivity contribution in [1.82, 2.24) is 10.3 Å². The molecule has 1 heterocycles. The lowest BCUT2D eigenvalue weighted by molar-refractivity contribution is 0.560. The van der Waals surface area contributed by atoms with Crippen LogP contribution in [0.5, 0.6) is 0 Å². The summed E-state index contributed by atoms with van der Waals surface area (Å²) in [5.74, 6) is 0. The fraction of sp³-hybridized carbons (Fsp3) is 0.312. The summed E-state index contributed by atoms with van der Waals surface area (Å²) in [6.45, 7) is 5.40. The Morgan fingerprint density at radius 3 is 2.90 bits per heavy atom. The quantitative estimate of drug-likeness (QED) is 0.788. The Kier molecular flexibility index (Phi) is 6.07. The molecule has 0 saturated carbocycles. The van der Waals surface area contributed by atoms with Crippen LogP contribution in [0.2, 0.25) is 0 Å². The maximum atomic E-state index is 4.54. The van der Waals surface area contributed by atoms with Crippen LogP contribution in [0, 0.1) is 0 Å². The minimum Gasteiger partial charge on any atom is -0.310 e. The van der Waals surface area contributed by atoms with Gasteiger partial charge in [-0.2, -0.15) is 0 Å². The van der Waals surface area contributed by atoms with Gasteiger partial charge in [-0.25, -0.2) is 4.98 Å². The van der Waals surface area contributed by atoms with Gasteiger partial charge in [-0.15, -0.1) is 0 Å². The predicted octanol–water partition coefficient (Wildman–Crippen LogP) is 5.06. The van der Waals surface area contributed by atoms with Crippen LogP contribution >= 0.6 is 27.7 Å². The first-order valence-corrected chi connectivity index (χ1v) is 8.43. The lowest BCUT2D eigenvalue weighted by Gasteiger charge is -2.16. The fourth-order valence-electron chi connectivity index (χ4n) is 1.93. The van der Waals surface area contributed by atoms with E-state index in [2.05, 4.69) is 58.3 Å². The van der Waals surface area contributed by atoms with Crippen molar-refractivity contribution in [2.45, 2.75) is 36.2 Å². The van der Waals surface area contributed by atoms with Crippen LogP contribution in [0.25, 0.3) is 0 Å². The molecular formula is C16H19BrN2S. The van der Waals surface area contributed by atoms with Gasteiger partial charge in [0.25, 0.3) is 0 Å². The molecule has 0 saturated heterocycles. The van der Waals surface area contributed by atoms with Crippen LogP contribution in [0.15, 0.2) is 57.0 Å². The minimum absolute atomic E-state index is 0.318. The SMILES string of the molecule is CCCNC(C)c1cccnc1Sc1cccc(Br)c1. The number of benzene rings is 1. The van der Waals surface area contributed by atoms with E-state index in [0.717, 1.165) is 22.5 Å². The fourth-order valence-corrected chi connectivity index (χ4v) is 3.51. The zero-order chi connectivity index (χ0) is 14.4. The van der Waals surface area contributed by atoms with Gasteiger partial charge in [0.15, 0.2) is 0 Å². The number of halogens is 1. The second kappa shape index (κ2) is 7.81. The summed E-state index contributed by atoms with van der Waals surface area (Å²) >= 11 is 5.22. The van der Waals surface area contributed by atoms with Crippen LogP contribution in [0.3, 0.4) is 0 Å². The molecule has 1 N–H and O–H groups in total. The van der Waals surface area contributed by atoms with Crippen LogP contribution in [0.4, 0.5) is 0 Å². The monoisotopic (exact) mass is 350 g/mol. The van der Waals surface area contributed by atoms with E-state index in [1.807, 2.05) is 24.4 Å². The number of nitrogens with one attached hydrogen (secondary N) is 1. The molecule has 1 atom stereocenters.